The van der Waals surface area contributed by atoms with Crippen molar-refractivity contribution < 1.29 is 24.6 Å². The number of aliphatic hydroxyl groups is 1. The second-order valence-electron chi connectivity index (χ2n) is 3.24. The number of nitrogens with two attached hydrogens (primary N) is 1. The number of aliphatic carboxylic acids is 1. The Bertz CT molecular complexity index is 454. The topological polar surface area (TPSA) is 130 Å². The minimum Gasteiger partial charge on any atom is -0.480 e. The molecule has 0 saturated heterocycles. The molecule has 1 aromatic rings. The van der Waals surface area contributed by atoms with E-state index in [2.05, 4.69) is 5.32 Å². The molecule has 1 atom stereocenters. The van der Waals surface area contributed by atoms with Gasteiger partial charge in [-0.05, 0) is 12.1 Å². The average molecular weight is 266 g/mol. The van der Waals surface area contributed by atoms with Gasteiger partial charge in [0.15, 0.2) is 0 Å². The molecule has 0 fully saturated rings. The molecule has 7 nitrogen and oxygen atoms in total. The fourth-order valence-corrected chi connectivity index (χ4v) is 0.831. The van der Waals surface area contributed by atoms with E-state index in [1.807, 2.05) is 6.07 Å². The summed E-state index contributed by atoms with van der Waals surface area (Å²) in [5.74, 6) is -0.239. The van der Waals surface area contributed by atoms with Crippen molar-refractivity contribution in [2.75, 3.05) is 11.9 Å². The Morgan fingerprint density at radius 2 is 1.95 bits per heavy atom. The maximum atomic E-state index is 10.8. The van der Waals surface area contributed by atoms with Gasteiger partial charge in [-0.1, -0.05) is 18.2 Å². The van der Waals surface area contributed by atoms with Crippen molar-refractivity contribution in [3.63, 3.8) is 0 Å². The van der Waals surface area contributed by atoms with Crippen LogP contribution in [-0.4, -0.2) is 40.7 Å². The molecule has 7 heteroatoms. The average Bonchev–Trinajstić information content (AvgIpc) is 2.39. The van der Waals surface area contributed by atoms with Crippen LogP contribution in [0.15, 0.2) is 36.4 Å². The molecule has 0 bridgehead atoms. The van der Waals surface area contributed by atoms with Gasteiger partial charge in [-0.3, -0.25) is 9.59 Å². The number of para-hydroxylation sites is 1. The van der Waals surface area contributed by atoms with Gasteiger partial charge in [0.1, 0.15) is 12.0 Å². The maximum Gasteiger partial charge on any atom is 0.322 e. The first-order valence-corrected chi connectivity index (χ1v) is 5.17. The second kappa shape index (κ2) is 9.55. The number of carbonyl (C=O) groups is 2. The number of hydrogen-bond donors (Lipinski definition) is 4. The highest BCUT2D eigenvalue weighted by Crippen LogP contribution is 2.03. The minimum absolute atomic E-state index is 0.462. The molecule has 1 aromatic carbocycles. The van der Waals surface area contributed by atoms with E-state index in [4.69, 9.17) is 15.9 Å². The van der Waals surface area contributed by atoms with Crippen molar-refractivity contribution in [2.45, 2.75) is 6.04 Å². The highest BCUT2D eigenvalue weighted by Gasteiger charge is 2.07. The van der Waals surface area contributed by atoms with Crippen LogP contribution < -0.4 is 11.1 Å². The van der Waals surface area contributed by atoms with Crippen LogP contribution >= 0.6 is 0 Å². The van der Waals surface area contributed by atoms with Crippen LogP contribution in [-0.2, 0) is 14.4 Å². The van der Waals surface area contributed by atoms with E-state index in [-0.39, 0.29) is 0 Å². The quantitative estimate of drug-likeness (QED) is 0.425. The lowest BCUT2D eigenvalue weighted by Gasteiger charge is -1.98. The fourth-order valence-electron chi connectivity index (χ4n) is 0.831. The Morgan fingerprint density at radius 1 is 1.37 bits per heavy atom. The number of amides is 1. The molecule has 0 aromatic heterocycles. The number of anilines is 1. The lowest BCUT2D eigenvalue weighted by atomic mass is 10.3. The molecule has 0 saturated carbocycles. The predicted molar refractivity (Wildman–Crippen MR) is 68.0 cm³/mol. The Kier molecular flexibility index (Phi) is 8.31. The molecule has 19 heavy (non-hydrogen) atoms. The van der Waals surface area contributed by atoms with E-state index in [1.165, 1.54) is 5.94 Å². The van der Waals surface area contributed by atoms with Crippen molar-refractivity contribution in [3.8, 4) is 0 Å². The van der Waals surface area contributed by atoms with E-state index in [9.17, 15) is 14.4 Å². The molecular formula is C12H14N2O5. The Balaban J connectivity index is 0.000000399. The van der Waals surface area contributed by atoms with Gasteiger partial charge in [-0.2, -0.15) is 0 Å². The molecule has 5 N–H and O–H groups in total. The molecule has 0 aliphatic rings. The number of hydrogen-bond acceptors (Lipinski definition) is 5. The van der Waals surface area contributed by atoms with Crippen LogP contribution in [0.1, 0.15) is 0 Å². The molecule has 0 radical (unpaired) electrons. The lowest BCUT2D eigenvalue weighted by Crippen LogP contribution is -2.33. The van der Waals surface area contributed by atoms with Crippen molar-refractivity contribution >= 4 is 23.5 Å². The van der Waals surface area contributed by atoms with Gasteiger partial charge in [0.25, 0.3) is 5.91 Å². The van der Waals surface area contributed by atoms with Gasteiger partial charge in [0.05, 0.1) is 12.7 Å². The third kappa shape index (κ3) is 8.28. The van der Waals surface area contributed by atoms with Gasteiger partial charge in [-0.25, -0.2) is 4.79 Å². The van der Waals surface area contributed by atoms with Gasteiger partial charge < -0.3 is 21.3 Å². The van der Waals surface area contributed by atoms with Gasteiger partial charge in [0.2, 0.25) is 0 Å². The van der Waals surface area contributed by atoms with E-state index in [0.717, 1.165) is 6.08 Å². The first-order chi connectivity index (χ1) is 9.01. The highest BCUT2D eigenvalue weighted by atomic mass is 16.4. The summed E-state index contributed by atoms with van der Waals surface area (Å²) in [6.07, 6.45) is 0.812. The monoisotopic (exact) mass is 266 g/mol. The Hall–Kier alpha value is -2.47. The molecule has 0 unspecified atom stereocenters. The molecule has 0 spiro atoms. The van der Waals surface area contributed by atoms with E-state index in [0.29, 0.717) is 5.69 Å². The van der Waals surface area contributed by atoms with Crippen LogP contribution in [0, 0.1) is 0 Å². The van der Waals surface area contributed by atoms with E-state index < -0.39 is 24.5 Å². The maximum absolute atomic E-state index is 10.8. The standard InChI is InChI=1S/C9H7NO2.C3H7NO3/c11-7-6-9(12)10-8-4-2-1-3-5-8;4-2(1-5)3(6)7/h1-6H,(H,10,12);2,5H,1,4H2,(H,6,7)/t;2-/m.0/s1. The van der Waals surface area contributed by atoms with Crippen LogP contribution in [0.3, 0.4) is 0 Å². The number of nitrogens with one attached hydrogen (secondary N) is 1. The second-order valence-corrected chi connectivity index (χ2v) is 3.24. The van der Waals surface area contributed by atoms with Crippen LogP contribution in [0.4, 0.5) is 5.69 Å². The summed E-state index contributed by atoms with van der Waals surface area (Å²) in [5, 5.41) is 18.4. The smallest absolute Gasteiger partial charge is 0.322 e. The van der Waals surface area contributed by atoms with Crippen LogP contribution in [0.2, 0.25) is 0 Å². The zero-order valence-corrected chi connectivity index (χ0v) is 9.95. The third-order valence-corrected chi connectivity index (χ3v) is 1.75. The largest absolute Gasteiger partial charge is 0.480 e. The number of rotatable bonds is 4. The SMILES string of the molecule is N[C@@H](CO)C(=O)O.O=C=CC(=O)Nc1ccccc1. The van der Waals surface area contributed by atoms with E-state index in [1.54, 1.807) is 24.3 Å². The number of carboxylic acid groups (broad SMARTS) is 1. The summed E-state index contributed by atoms with van der Waals surface area (Å²) in [4.78, 5) is 30.2. The molecular weight excluding hydrogens is 252 g/mol. The minimum atomic E-state index is -1.18. The lowest BCUT2D eigenvalue weighted by molar-refractivity contribution is -0.139. The van der Waals surface area contributed by atoms with Crippen molar-refractivity contribution in [1.29, 1.82) is 0 Å². The van der Waals surface area contributed by atoms with Crippen molar-refractivity contribution in [1.82, 2.24) is 0 Å². The summed E-state index contributed by atoms with van der Waals surface area (Å²) < 4.78 is 0. The first-order valence-electron chi connectivity index (χ1n) is 5.17. The van der Waals surface area contributed by atoms with E-state index >= 15 is 0 Å². The summed E-state index contributed by atoms with van der Waals surface area (Å²) in [7, 11) is 0. The first kappa shape index (κ1) is 16.5. The van der Waals surface area contributed by atoms with Crippen LogP contribution in [0.5, 0.6) is 0 Å². The molecule has 1 rings (SSSR count). The fraction of sp³-hybridized carbons (Fsp3) is 0.167. The Labute approximate surface area is 109 Å². The zero-order chi connectivity index (χ0) is 14.7. The summed E-state index contributed by atoms with van der Waals surface area (Å²) in [6, 6.07) is 7.76. The van der Waals surface area contributed by atoms with Crippen LogP contribution in [0.25, 0.3) is 0 Å². The normalized spacial score (nSPS) is 10.2. The van der Waals surface area contributed by atoms with Gasteiger partial charge in [0, 0.05) is 5.69 Å². The number of carbonyl (C=O) groups excluding carboxylic acids is 2. The highest BCUT2D eigenvalue weighted by molar-refractivity contribution is 6.03. The van der Waals surface area contributed by atoms with Crippen molar-refractivity contribution in [3.05, 3.63) is 36.4 Å². The predicted octanol–water partition coefficient (Wildman–Crippen LogP) is -0.596. The summed E-state index contributed by atoms with van der Waals surface area (Å²) in [6.45, 7) is -0.505. The van der Waals surface area contributed by atoms with Gasteiger partial charge in [-0.15, -0.1) is 0 Å². The molecule has 0 heterocycles. The third-order valence-electron chi connectivity index (χ3n) is 1.75. The number of benzene rings is 1. The molecule has 102 valence electrons. The molecule has 0 aliphatic carbocycles. The summed E-state index contributed by atoms with van der Waals surface area (Å²) >= 11 is 0. The zero-order valence-electron chi connectivity index (χ0n) is 9.95. The number of aliphatic hydroxyl groups excluding tert-OH is 1. The van der Waals surface area contributed by atoms with Gasteiger partial charge >= 0.3 is 5.97 Å². The molecule has 0 aliphatic heterocycles. The van der Waals surface area contributed by atoms with Crippen molar-refractivity contribution in [2.24, 2.45) is 5.73 Å². The molecule has 1 amide bonds. The summed E-state index contributed by atoms with van der Waals surface area (Å²) in [5.41, 5.74) is 5.43. The Morgan fingerprint density at radius 3 is 2.32 bits per heavy atom. The number of carboxylic acids is 1.